The predicted octanol–water partition coefficient (Wildman–Crippen LogP) is 2.68. The summed E-state index contributed by atoms with van der Waals surface area (Å²) in [6.07, 6.45) is 1.96. The Hall–Kier alpha value is -0.140. The van der Waals surface area contributed by atoms with Gasteiger partial charge in [-0.15, -0.1) is 22.9 Å². The van der Waals surface area contributed by atoms with E-state index in [9.17, 15) is 8.42 Å². The SMILES string of the molecule is CCN(CC1CCCO1)S(=O)(=O)c1ccsc1CCl. The predicted molar refractivity (Wildman–Crippen MR) is 77.3 cm³/mol. The van der Waals surface area contributed by atoms with Gasteiger partial charge in [0.05, 0.1) is 16.9 Å². The van der Waals surface area contributed by atoms with Gasteiger partial charge in [-0.25, -0.2) is 8.42 Å². The molecule has 108 valence electrons. The fourth-order valence-electron chi connectivity index (χ4n) is 2.21. The van der Waals surface area contributed by atoms with Gasteiger partial charge in [-0.3, -0.25) is 0 Å². The van der Waals surface area contributed by atoms with Crippen molar-refractivity contribution in [1.82, 2.24) is 4.31 Å². The number of hydrogen-bond acceptors (Lipinski definition) is 4. The summed E-state index contributed by atoms with van der Waals surface area (Å²) in [4.78, 5) is 1.04. The summed E-state index contributed by atoms with van der Waals surface area (Å²) in [5.41, 5.74) is 0. The second kappa shape index (κ2) is 6.54. The molecule has 1 aromatic heterocycles. The molecule has 0 N–H and O–H groups in total. The Morgan fingerprint density at radius 1 is 1.58 bits per heavy atom. The summed E-state index contributed by atoms with van der Waals surface area (Å²) < 4.78 is 32.2. The van der Waals surface area contributed by atoms with Crippen molar-refractivity contribution < 1.29 is 13.2 Å². The number of alkyl halides is 1. The van der Waals surface area contributed by atoms with Gasteiger partial charge in [0.1, 0.15) is 0 Å². The summed E-state index contributed by atoms with van der Waals surface area (Å²) in [5, 5.41) is 1.77. The fourth-order valence-corrected chi connectivity index (χ4v) is 5.36. The monoisotopic (exact) mass is 323 g/mol. The van der Waals surface area contributed by atoms with Crippen molar-refractivity contribution in [2.24, 2.45) is 0 Å². The van der Waals surface area contributed by atoms with Crippen LogP contribution in [0.25, 0.3) is 0 Å². The van der Waals surface area contributed by atoms with Crippen LogP contribution in [0.3, 0.4) is 0 Å². The third-order valence-corrected chi connectivity index (χ3v) is 6.73. The van der Waals surface area contributed by atoms with Crippen LogP contribution in [0.15, 0.2) is 16.3 Å². The van der Waals surface area contributed by atoms with Crippen LogP contribution >= 0.6 is 22.9 Å². The number of likely N-dealkylation sites (N-methyl/N-ethyl adjacent to an activating group) is 1. The van der Waals surface area contributed by atoms with Gasteiger partial charge >= 0.3 is 0 Å². The molecular weight excluding hydrogens is 306 g/mol. The molecule has 0 amide bonds. The molecule has 0 aliphatic carbocycles. The van der Waals surface area contributed by atoms with Gasteiger partial charge in [-0.2, -0.15) is 4.31 Å². The van der Waals surface area contributed by atoms with E-state index < -0.39 is 10.0 Å². The molecule has 2 rings (SSSR count). The zero-order valence-electron chi connectivity index (χ0n) is 10.8. The second-order valence-corrected chi connectivity index (χ2v) is 7.61. The van der Waals surface area contributed by atoms with Gasteiger partial charge in [0.2, 0.25) is 10.0 Å². The van der Waals surface area contributed by atoms with E-state index in [1.165, 1.54) is 15.6 Å². The Balaban J connectivity index is 2.20. The molecule has 1 saturated heterocycles. The van der Waals surface area contributed by atoms with Crippen molar-refractivity contribution in [3.05, 3.63) is 16.3 Å². The van der Waals surface area contributed by atoms with E-state index in [0.717, 1.165) is 19.4 Å². The molecule has 2 heterocycles. The molecular formula is C12H18ClNO3S2. The van der Waals surface area contributed by atoms with Crippen molar-refractivity contribution in [3.8, 4) is 0 Å². The highest BCUT2D eigenvalue weighted by Crippen LogP contribution is 2.27. The van der Waals surface area contributed by atoms with Crippen LogP contribution in [-0.4, -0.2) is 38.5 Å². The number of rotatable bonds is 6. The number of hydrogen-bond donors (Lipinski definition) is 0. The average Bonchev–Trinajstić information content (AvgIpc) is 3.06. The Kier molecular flexibility index (Phi) is 5.25. The minimum absolute atomic E-state index is 0.0211. The molecule has 0 saturated carbocycles. The highest BCUT2D eigenvalue weighted by atomic mass is 35.5. The van der Waals surface area contributed by atoms with Gasteiger partial charge in [-0.1, -0.05) is 6.92 Å². The first-order chi connectivity index (χ1) is 9.09. The van der Waals surface area contributed by atoms with E-state index in [-0.39, 0.29) is 12.0 Å². The van der Waals surface area contributed by atoms with Gasteiger partial charge in [0, 0.05) is 24.6 Å². The van der Waals surface area contributed by atoms with E-state index in [2.05, 4.69) is 0 Å². The number of ether oxygens (including phenoxy) is 1. The van der Waals surface area contributed by atoms with Crippen molar-refractivity contribution in [2.45, 2.75) is 36.6 Å². The lowest BCUT2D eigenvalue weighted by Crippen LogP contribution is -2.37. The van der Waals surface area contributed by atoms with Crippen LogP contribution in [0.5, 0.6) is 0 Å². The van der Waals surface area contributed by atoms with Crippen LogP contribution in [0.2, 0.25) is 0 Å². The largest absolute Gasteiger partial charge is 0.377 e. The molecule has 19 heavy (non-hydrogen) atoms. The molecule has 4 nitrogen and oxygen atoms in total. The Morgan fingerprint density at radius 3 is 2.95 bits per heavy atom. The molecule has 0 bridgehead atoms. The molecule has 0 radical (unpaired) electrons. The smallest absolute Gasteiger partial charge is 0.244 e. The van der Waals surface area contributed by atoms with Gasteiger partial charge in [0.15, 0.2) is 0 Å². The van der Waals surface area contributed by atoms with Crippen LogP contribution < -0.4 is 0 Å². The maximum atomic E-state index is 12.6. The molecule has 0 aromatic carbocycles. The van der Waals surface area contributed by atoms with Crippen LogP contribution in [0.1, 0.15) is 24.6 Å². The van der Waals surface area contributed by atoms with Crippen molar-refractivity contribution in [1.29, 1.82) is 0 Å². The minimum atomic E-state index is -3.46. The maximum Gasteiger partial charge on any atom is 0.244 e. The number of nitrogens with zero attached hydrogens (tertiary/aromatic N) is 1. The summed E-state index contributed by atoms with van der Waals surface area (Å²) >= 11 is 7.18. The van der Waals surface area contributed by atoms with Crippen molar-refractivity contribution >= 4 is 33.0 Å². The highest BCUT2D eigenvalue weighted by Gasteiger charge is 2.29. The minimum Gasteiger partial charge on any atom is -0.377 e. The first-order valence-electron chi connectivity index (χ1n) is 6.33. The molecule has 1 unspecified atom stereocenters. The fraction of sp³-hybridized carbons (Fsp3) is 0.667. The van der Waals surface area contributed by atoms with E-state index in [0.29, 0.717) is 22.9 Å². The first-order valence-corrected chi connectivity index (χ1v) is 9.19. The van der Waals surface area contributed by atoms with Gasteiger partial charge in [-0.05, 0) is 24.3 Å². The maximum absolute atomic E-state index is 12.6. The molecule has 7 heteroatoms. The number of halogens is 1. The summed E-state index contributed by atoms with van der Waals surface area (Å²) in [6, 6.07) is 1.63. The van der Waals surface area contributed by atoms with E-state index >= 15 is 0 Å². The zero-order chi connectivity index (χ0) is 13.9. The topological polar surface area (TPSA) is 46.6 Å². The van der Waals surface area contributed by atoms with Crippen molar-refractivity contribution in [3.63, 3.8) is 0 Å². The third-order valence-electron chi connectivity index (χ3n) is 3.23. The highest BCUT2D eigenvalue weighted by molar-refractivity contribution is 7.89. The van der Waals surface area contributed by atoms with E-state index in [4.69, 9.17) is 16.3 Å². The van der Waals surface area contributed by atoms with Gasteiger partial charge in [0.25, 0.3) is 0 Å². The molecule has 0 spiro atoms. The Morgan fingerprint density at radius 2 is 2.37 bits per heavy atom. The second-order valence-electron chi connectivity index (χ2n) is 4.43. The summed E-state index contributed by atoms with van der Waals surface area (Å²) in [6.45, 7) is 3.45. The molecule has 1 fully saturated rings. The lowest BCUT2D eigenvalue weighted by Gasteiger charge is -2.23. The summed E-state index contributed by atoms with van der Waals surface area (Å²) in [5.74, 6) is 0.226. The number of thiophene rings is 1. The Labute approximate surface area is 123 Å². The van der Waals surface area contributed by atoms with E-state index in [1.807, 2.05) is 6.92 Å². The molecule has 1 aliphatic heterocycles. The molecule has 1 aliphatic rings. The van der Waals surface area contributed by atoms with E-state index in [1.54, 1.807) is 11.4 Å². The number of sulfonamides is 1. The van der Waals surface area contributed by atoms with Crippen molar-refractivity contribution in [2.75, 3.05) is 19.7 Å². The standard InChI is InChI=1S/C12H18ClNO3S2/c1-2-14(9-10-4-3-6-17-10)19(15,16)12-5-7-18-11(12)8-13/h5,7,10H,2-4,6,8-9H2,1H3. The first kappa shape index (κ1) is 15.3. The normalized spacial score (nSPS) is 20.3. The van der Waals surface area contributed by atoms with Crippen LogP contribution in [-0.2, 0) is 20.6 Å². The van der Waals surface area contributed by atoms with Crippen LogP contribution in [0.4, 0.5) is 0 Å². The lowest BCUT2D eigenvalue weighted by atomic mass is 10.2. The third kappa shape index (κ3) is 3.31. The van der Waals surface area contributed by atoms with Gasteiger partial charge < -0.3 is 4.74 Å². The summed E-state index contributed by atoms with van der Waals surface area (Å²) in [7, 11) is -3.46. The zero-order valence-corrected chi connectivity index (χ0v) is 13.2. The average molecular weight is 324 g/mol. The van der Waals surface area contributed by atoms with Crippen LogP contribution in [0, 0.1) is 0 Å². The lowest BCUT2D eigenvalue weighted by molar-refractivity contribution is 0.0947. The molecule has 1 aromatic rings. The Bertz CT molecular complexity index is 509. The quantitative estimate of drug-likeness (QED) is 0.756. The molecule has 1 atom stereocenters.